The summed E-state index contributed by atoms with van der Waals surface area (Å²) in [6.45, 7) is 4.44. The van der Waals surface area contributed by atoms with Crippen LogP contribution in [0.5, 0.6) is 0 Å². The van der Waals surface area contributed by atoms with Crippen molar-refractivity contribution in [2.24, 2.45) is 10.9 Å². The second kappa shape index (κ2) is 9.49. The third-order valence-corrected chi connectivity index (χ3v) is 4.76. The van der Waals surface area contributed by atoms with E-state index >= 15 is 0 Å². The molecule has 1 aliphatic heterocycles. The zero-order valence-corrected chi connectivity index (χ0v) is 14.9. The van der Waals surface area contributed by atoms with Gasteiger partial charge in [-0.2, -0.15) is 0 Å². The van der Waals surface area contributed by atoms with Gasteiger partial charge < -0.3 is 20.9 Å². The van der Waals surface area contributed by atoms with Gasteiger partial charge in [0.1, 0.15) is 0 Å². The smallest absolute Gasteiger partial charge is 0.239 e. The van der Waals surface area contributed by atoms with Crippen LogP contribution in [0.3, 0.4) is 0 Å². The van der Waals surface area contributed by atoms with Crippen LogP contribution in [-0.4, -0.2) is 61.9 Å². The standard InChI is InChI=1S/C17H31N5O2/c1-3-9-19-15(23)11-20-17(18-2)21-14-8-10-22(12-14)16(24)13-6-4-5-7-13/h13-14H,3-12H2,1-2H3,(H,19,23)(H2,18,20,21). The molecular weight excluding hydrogens is 306 g/mol. The van der Waals surface area contributed by atoms with Crippen LogP contribution in [0.25, 0.3) is 0 Å². The van der Waals surface area contributed by atoms with Crippen molar-refractivity contribution in [3.8, 4) is 0 Å². The average Bonchev–Trinajstić information content (AvgIpc) is 3.27. The van der Waals surface area contributed by atoms with Crippen LogP contribution in [0.1, 0.15) is 45.4 Å². The monoisotopic (exact) mass is 337 g/mol. The molecule has 0 radical (unpaired) electrons. The molecule has 1 heterocycles. The minimum absolute atomic E-state index is 0.0377. The highest BCUT2D eigenvalue weighted by atomic mass is 16.2. The third kappa shape index (κ3) is 5.39. The van der Waals surface area contributed by atoms with Crippen LogP contribution in [0.15, 0.2) is 4.99 Å². The van der Waals surface area contributed by atoms with Crippen molar-refractivity contribution in [1.29, 1.82) is 0 Å². The number of likely N-dealkylation sites (tertiary alicyclic amines) is 1. The Morgan fingerprint density at radius 3 is 2.58 bits per heavy atom. The van der Waals surface area contributed by atoms with Crippen LogP contribution in [0.4, 0.5) is 0 Å². The Morgan fingerprint density at radius 1 is 1.17 bits per heavy atom. The molecule has 0 spiro atoms. The molecule has 2 amide bonds. The Hall–Kier alpha value is -1.79. The number of hydrogen-bond acceptors (Lipinski definition) is 3. The van der Waals surface area contributed by atoms with Crippen LogP contribution in [0, 0.1) is 5.92 Å². The van der Waals surface area contributed by atoms with Gasteiger partial charge >= 0.3 is 0 Å². The highest BCUT2D eigenvalue weighted by Gasteiger charge is 2.32. The quantitative estimate of drug-likeness (QED) is 0.486. The van der Waals surface area contributed by atoms with Gasteiger partial charge in [0.25, 0.3) is 0 Å². The molecule has 0 aromatic heterocycles. The summed E-state index contributed by atoms with van der Waals surface area (Å²) in [5, 5.41) is 9.17. The van der Waals surface area contributed by atoms with E-state index in [4.69, 9.17) is 0 Å². The summed E-state index contributed by atoms with van der Waals surface area (Å²) in [5.74, 6) is 1.13. The maximum atomic E-state index is 12.5. The van der Waals surface area contributed by atoms with Crippen LogP contribution in [0.2, 0.25) is 0 Å². The summed E-state index contributed by atoms with van der Waals surface area (Å²) in [4.78, 5) is 30.2. The van der Waals surface area contributed by atoms with Crippen LogP contribution >= 0.6 is 0 Å². The van der Waals surface area contributed by atoms with Gasteiger partial charge in [-0.3, -0.25) is 14.6 Å². The Labute approximate surface area is 144 Å². The van der Waals surface area contributed by atoms with E-state index in [2.05, 4.69) is 20.9 Å². The largest absolute Gasteiger partial charge is 0.355 e. The van der Waals surface area contributed by atoms with E-state index in [1.54, 1.807) is 7.05 Å². The second-order valence-electron chi connectivity index (χ2n) is 6.67. The van der Waals surface area contributed by atoms with Gasteiger partial charge in [0.2, 0.25) is 11.8 Å². The fourth-order valence-corrected chi connectivity index (χ4v) is 3.39. The number of hydrogen-bond donors (Lipinski definition) is 3. The Morgan fingerprint density at radius 2 is 1.92 bits per heavy atom. The molecule has 1 saturated carbocycles. The fraction of sp³-hybridized carbons (Fsp3) is 0.824. The molecule has 2 fully saturated rings. The fourth-order valence-electron chi connectivity index (χ4n) is 3.39. The zero-order chi connectivity index (χ0) is 17.4. The number of nitrogens with one attached hydrogen (secondary N) is 3. The number of guanidine groups is 1. The highest BCUT2D eigenvalue weighted by molar-refractivity contribution is 5.86. The Bertz CT molecular complexity index is 460. The first kappa shape index (κ1) is 18.5. The van der Waals surface area contributed by atoms with Gasteiger partial charge in [0.05, 0.1) is 6.54 Å². The third-order valence-electron chi connectivity index (χ3n) is 4.76. The van der Waals surface area contributed by atoms with E-state index in [-0.39, 0.29) is 24.4 Å². The van der Waals surface area contributed by atoms with Crippen molar-refractivity contribution < 1.29 is 9.59 Å². The minimum atomic E-state index is -0.0377. The summed E-state index contributed by atoms with van der Waals surface area (Å²) in [5.41, 5.74) is 0. The van der Waals surface area contributed by atoms with Crippen molar-refractivity contribution in [2.45, 2.75) is 51.5 Å². The lowest BCUT2D eigenvalue weighted by molar-refractivity contribution is -0.134. The molecule has 0 aromatic carbocycles. The van der Waals surface area contributed by atoms with Gasteiger partial charge in [-0.05, 0) is 25.7 Å². The van der Waals surface area contributed by atoms with E-state index in [1.807, 2.05) is 11.8 Å². The lowest BCUT2D eigenvalue weighted by Gasteiger charge is -2.21. The summed E-state index contributed by atoms with van der Waals surface area (Å²) >= 11 is 0. The molecule has 1 aliphatic carbocycles. The molecule has 0 bridgehead atoms. The van der Waals surface area contributed by atoms with Crippen LogP contribution in [-0.2, 0) is 9.59 Å². The lowest BCUT2D eigenvalue weighted by Crippen LogP contribution is -2.48. The zero-order valence-electron chi connectivity index (χ0n) is 14.9. The summed E-state index contributed by atoms with van der Waals surface area (Å²) in [7, 11) is 1.69. The lowest BCUT2D eigenvalue weighted by atomic mass is 10.1. The molecule has 136 valence electrons. The van der Waals surface area contributed by atoms with Gasteiger partial charge in [-0.15, -0.1) is 0 Å². The molecule has 1 atom stereocenters. The molecule has 2 rings (SSSR count). The summed E-state index contributed by atoms with van der Waals surface area (Å²) < 4.78 is 0. The molecule has 24 heavy (non-hydrogen) atoms. The summed E-state index contributed by atoms with van der Waals surface area (Å²) in [6, 6.07) is 0.195. The van der Waals surface area contributed by atoms with Gasteiger partial charge in [0, 0.05) is 38.6 Å². The SMILES string of the molecule is CCCNC(=O)CNC(=NC)NC1CCN(C(=O)C2CCCC2)C1. The van der Waals surface area contributed by atoms with Crippen molar-refractivity contribution in [3.05, 3.63) is 0 Å². The average molecular weight is 337 g/mol. The first-order chi connectivity index (χ1) is 11.6. The van der Waals surface area contributed by atoms with E-state index in [0.717, 1.165) is 38.8 Å². The second-order valence-corrected chi connectivity index (χ2v) is 6.67. The topological polar surface area (TPSA) is 85.8 Å². The van der Waals surface area contributed by atoms with Crippen molar-refractivity contribution >= 4 is 17.8 Å². The molecule has 1 saturated heterocycles. The molecule has 3 N–H and O–H groups in total. The first-order valence-corrected chi connectivity index (χ1v) is 9.16. The van der Waals surface area contributed by atoms with E-state index in [1.165, 1.54) is 12.8 Å². The van der Waals surface area contributed by atoms with Gasteiger partial charge in [-0.25, -0.2) is 0 Å². The van der Waals surface area contributed by atoms with E-state index in [0.29, 0.717) is 18.4 Å². The predicted octanol–water partition coefficient (Wildman–Crippen LogP) is 0.469. The molecule has 0 aromatic rings. The number of aliphatic imine (C=N–C) groups is 1. The molecule has 2 aliphatic rings. The van der Waals surface area contributed by atoms with Gasteiger partial charge in [-0.1, -0.05) is 19.8 Å². The number of nitrogens with zero attached hydrogens (tertiary/aromatic N) is 2. The normalized spacial score (nSPS) is 21.8. The van der Waals surface area contributed by atoms with Crippen LogP contribution < -0.4 is 16.0 Å². The van der Waals surface area contributed by atoms with Gasteiger partial charge in [0.15, 0.2) is 5.96 Å². The molecular formula is C17H31N5O2. The van der Waals surface area contributed by atoms with E-state index in [9.17, 15) is 9.59 Å². The number of rotatable bonds is 6. The maximum absolute atomic E-state index is 12.5. The Balaban J connectivity index is 1.72. The summed E-state index contributed by atoms with van der Waals surface area (Å²) in [6.07, 6.45) is 6.30. The molecule has 7 heteroatoms. The number of amides is 2. The van der Waals surface area contributed by atoms with E-state index < -0.39 is 0 Å². The predicted molar refractivity (Wildman–Crippen MR) is 94.7 cm³/mol. The maximum Gasteiger partial charge on any atom is 0.239 e. The highest BCUT2D eigenvalue weighted by Crippen LogP contribution is 2.27. The molecule has 1 unspecified atom stereocenters. The van der Waals surface area contributed by atoms with Crippen molar-refractivity contribution in [1.82, 2.24) is 20.9 Å². The number of carbonyl (C=O) groups is 2. The number of carbonyl (C=O) groups excluding carboxylic acids is 2. The van der Waals surface area contributed by atoms with Crippen molar-refractivity contribution in [3.63, 3.8) is 0 Å². The Kier molecular flexibility index (Phi) is 7.34. The first-order valence-electron chi connectivity index (χ1n) is 9.16. The minimum Gasteiger partial charge on any atom is -0.355 e. The van der Waals surface area contributed by atoms with Crippen molar-refractivity contribution in [2.75, 3.05) is 33.2 Å². The molecule has 7 nitrogen and oxygen atoms in total.